The van der Waals surface area contributed by atoms with Crippen molar-refractivity contribution in [2.45, 2.75) is 0 Å². The predicted molar refractivity (Wildman–Crippen MR) is 80.4 cm³/mol. The number of hydrogen-bond acceptors (Lipinski definition) is 4. The van der Waals surface area contributed by atoms with Gasteiger partial charge in [0.1, 0.15) is 11.5 Å². The zero-order valence-electron chi connectivity index (χ0n) is 12.2. The van der Waals surface area contributed by atoms with Crippen LogP contribution in [-0.2, 0) is 11.8 Å². The molecular formula is C15H17N3O3. The fourth-order valence-electron chi connectivity index (χ4n) is 1.75. The van der Waals surface area contributed by atoms with E-state index in [1.54, 1.807) is 50.4 Å². The maximum Gasteiger partial charge on any atom is 0.249 e. The average Bonchev–Trinajstić information content (AvgIpc) is 2.89. The first-order chi connectivity index (χ1) is 10.1. The second-order valence-corrected chi connectivity index (χ2v) is 4.34. The minimum absolute atomic E-state index is 0.254. The van der Waals surface area contributed by atoms with Gasteiger partial charge in [-0.2, -0.15) is 5.10 Å². The fourth-order valence-corrected chi connectivity index (χ4v) is 1.75. The third-order valence-electron chi connectivity index (χ3n) is 2.77. The first kappa shape index (κ1) is 14.6. The Balaban J connectivity index is 2.07. The van der Waals surface area contributed by atoms with Crippen molar-refractivity contribution >= 4 is 17.8 Å². The van der Waals surface area contributed by atoms with Crippen molar-refractivity contribution in [3.05, 3.63) is 42.1 Å². The van der Waals surface area contributed by atoms with Gasteiger partial charge in [0.15, 0.2) is 5.82 Å². The number of methoxy groups -OCH3 is 2. The van der Waals surface area contributed by atoms with Gasteiger partial charge in [-0.3, -0.25) is 9.48 Å². The van der Waals surface area contributed by atoms with E-state index in [0.717, 1.165) is 5.56 Å². The van der Waals surface area contributed by atoms with Crippen LogP contribution in [0, 0.1) is 0 Å². The Bertz CT molecular complexity index is 640. The minimum Gasteiger partial charge on any atom is -0.497 e. The molecule has 1 aromatic heterocycles. The summed E-state index contributed by atoms with van der Waals surface area (Å²) in [5.74, 6) is 1.59. The Labute approximate surface area is 123 Å². The van der Waals surface area contributed by atoms with Gasteiger partial charge in [0.25, 0.3) is 0 Å². The van der Waals surface area contributed by atoms with Crippen molar-refractivity contribution in [2.24, 2.45) is 7.05 Å². The molecule has 2 rings (SSSR count). The number of amides is 1. The van der Waals surface area contributed by atoms with Crippen molar-refractivity contribution in [3.63, 3.8) is 0 Å². The minimum atomic E-state index is -0.254. The van der Waals surface area contributed by atoms with E-state index < -0.39 is 0 Å². The Morgan fingerprint density at radius 3 is 2.43 bits per heavy atom. The molecule has 1 aromatic carbocycles. The van der Waals surface area contributed by atoms with Gasteiger partial charge in [0, 0.05) is 31.5 Å². The Morgan fingerprint density at radius 1 is 1.24 bits per heavy atom. The molecule has 1 N–H and O–H groups in total. The molecule has 110 valence electrons. The lowest BCUT2D eigenvalue weighted by atomic mass is 10.2. The van der Waals surface area contributed by atoms with Crippen molar-refractivity contribution < 1.29 is 14.3 Å². The van der Waals surface area contributed by atoms with Crippen LogP contribution in [0.15, 0.2) is 36.5 Å². The van der Waals surface area contributed by atoms with Crippen LogP contribution in [0.5, 0.6) is 11.5 Å². The van der Waals surface area contributed by atoms with Crippen LogP contribution in [0.2, 0.25) is 0 Å². The van der Waals surface area contributed by atoms with Gasteiger partial charge in [-0.05, 0) is 23.8 Å². The van der Waals surface area contributed by atoms with Crippen LogP contribution >= 0.6 is 0 Å². The maximum atomic E-state index is 11.8. The highest BCUT2D eigenvalue weighted by atomic mass is 16.5. The summed E-state index contributed by atoms with van der Waals surface area (Å²) in [7, 11) is 4.94. The van der Waals surface area contributed by atoms with Gasteiger partial charge in [-0.15, -0.1) is 0 Å². The molecule has 0 atom stereocenters. The Morgan fingerprint density at radius 2 is 1.90 bits per heavy atom. The SMILES string of the molecule is COc1cc(C=CC(=O)Nc2ccn(C)n2)cc(OC)c1. The zero-order valence-corrected chi connectivity index (χ0v) is 12.2. The fraction of sp³-hybridized carbons (Fsp3) is 0.200. The van der Waals surface area contributed by atoms with Gasteiger partial charge in [0.2, 0.25) is 5.91 Å². The summed E-state index contributed by atoms with van der Waals surface area (Å²) in [6.45, 7) is 0. The molecule has 0 saturated carbocycles. The van der Waals surface area contributed by atoms with E-state index in [4.69, 9.17) is 9.47 Å². The third-order valence-corrected chi connectivity index (χ3v) is 2.77. The number of nitrogens with one attached hydrogen (secondary N) is 1. The number of aromatic nitrogens is 2. The molecule has 1 heterocycles. The number of ether oxygens (including phenoxy) is 2. The number of anilines is 1. The summed E-state index contributed by atoms with van der Waals surface area (Å²) < 4.78 is 12.0. The molecule has 6 heteroatoms. The Hall–Kier alpha value is -2.76. The standard InChI is InChI=1S/C15H17N3O3/c1-18-7-6-14(17-18)16-15(19)5-4-11-8-12(20-2)10-13(9-11)21-3/h4-10H,1-3H3,(H,16,17,19). The number of benzene rings is 1. The highest BCUT2D eigenvalue weighted by molar-refractivity contribution is 6.01. The van der Waals surface area contributed by atoms with Gasteiger partial charge in [0.05, 0.1) is 14.2 Å². The van der Waals surface area contributed by atoms with Crippen LogP contribution in [0.1, 0.15) is 5.56 Å². The third kappa shape index (κ3) is 4.10. The molecule has 6 nitrogen and oxygen atoms in total. The number of nitrogens with zero attached hydrogens (tertiary/aromatic N) is 2. The average molecular weight is 287 g/mol. The van der Waals surface area contributed by atoms with E-state index in [9.17, 15) is 4.79 Å². The second kappa shape index (κ2) is 6.60. The van der Waals surface area contributed by atoms with E-state index in [1.165, 1.54) is 6.08 Å². The predicted octanol–water partition coefficient (Wildman–Crippen LogP) is 2.09. The lowest BCUT2D eigenvalue weighted by Crippen LogP contribution is -2.08. The molecule has 0 aliphatic heterocycles. The topological polar surface area (TPSA) is 65.4 Å². The second-order valence-electron chi connectivity index (χ2n) is 4.34. The van der Waals surface area contributed by atoms with E-state index in [0.29, 0.717) is 17.3 Å². The van der Waals surface area contributed by atoms with Crippen LogP contribution in [0.4, 0.5) is 5.82 Å². The molecule has 0 unspecified atom stereocenters. The van der Waals surface area contributed by atoms with Crippen LogP contribution in [-0.4, -0.2) is 29.9 Å². The molecule has 0 spiro atoms. The first-order valence-corrected chi connectivity index (χ1v) is 6.32. The monoisotopic (exact) mass is 287 g/mol. The summed E-state index contributed by atoms with van der Waals surface area (Å²) in [6.07, 6.45) is 4.87. The van der Waals surface area contributed by atoms with E-state index in [1.807, 2.05) is 12.1 Å². The largest absolute Gasteiger partial charge is 0.497 e. The van der Waals surface area contributed by atoms with E-state index in [2.05, 4.69) is 10.4 Å². The summed E-state index contributed by atoms with van der Waals surface area (Å²) in [6, 6.07) is 7.12. The van der Waals surface area contributed by atoms with E-state index >= 15 is 0 Å². The lowest BCUT2D eigenvalue weighted by Gasteiger charge is -2.05. The molecule has 0 radical (unpaired) electrons. The van der Waals surface area contributed by atoms with Crippen molar-refractivity contribution in [3.8, 4) is 11.5 Å². The number of aryl methyl sites for hydroxylation is 1. The number of carbonyl (C=O) groups excluding carboxylic acids is 1. The summed E-state index contributed by atoms with van der Waals surface area (Å²) in [4.78, 5) is 11.8. The van der Waals surface area contributed by atoms with Crippen molar-refractivity contribution in [1.82, 2.24) is 9.78 Å². The summed E-state index contributed by atoms with van der Waals surface area (Å²) in [5.41, 5.74) is 0.808. The summed E-state index contributed by atoms with van der Waals surface area (Å²) in [5, 5.41) is 6.74. The number of carbonyl (C=O) groups is 1. The summed E-state index contributed by atoms with van der Waals surface area (Å²) >= 11 is 0. The van der Waals surface area contributed by atoms with Gasteiger partial charge >= 0.3 is 0 Å². The molecule has 0 aliphatic carbocycles. The van der Waals surface area contributed by atoms with Crippen molar-refractivity contribution in [1.29, 1.82) is 0 Å². The molecule has 2 aromatic rings. The highest BCUT2D eigenvalue weighted by Crippen LogP contribution is 2.23. The smallest absolute Gasteiger partial charge is 0.249 e. The molecule has 0 saturated heterocycles. The lowest BCUT2D eigenvalue weighted by molar-refractivity contribution is -0.111. The molecular weight excluding hydrogens is 270 g/mol. The number of hydrogen-bond donors (Lipinski definition) is 1. The van der Waals surface area contributed by atoms with Gasteiger partial charge in [-0.1, -0.05) is 0 Å². The molecule has 0 aliphatic rings. The molecule has 1 amide bonds. The van der Waals surface area contributed by atoms with Crippen LogP contribution < -0.4 is 14.8 Å². The number of rotatable bonds is 5. The normalized spacial score (nSPS) is 10.6. The highest BCUT2D eigenvalue weighted by Gasteiger charge is 2.02. The molecule has 21 heavy (non-hydrogen) atoms. The van der Waals surface area contributed by atoms with Gasteiger partial charge < -0.3 is 14.8 Å². The van der Waals surface area contributed by atoms with Gasteiger partial charge in [-0.25, -0.2) is 0 Å². The van der Waals surface area contributed by atoms with Crippen LogP contribution in [0.3, 0.4) is 0 Å². The van der Waals surface area contributed by atoms with Crippen molar-refractivity contribution in [2.75, 3.05) is 19.5 Å². The van der Waals surface area contributed by atoms with Crippen LogP contribution in [0.25, 0.3) is 6.08 Å². The van der Waals surface area contributed by atoms with E-state index in [-0.39, 0.29) is 5.91 Å². The zero-order chi connectivity index (χ0) is 15.2. The quantitative estimate of drug-likeness (QED) is 0.855. The molecule has 0 fully saturated rings. The first-order valence-electron chi connectivity index (χ1n) is 6.32. The maximum absolute atomic E-state index is 11.8. The molecule has 0 bridgehead atoms. The Kier molecular flexibility index (Phi) is 4.61.